The Morgan fingerprint density at radius 3 is 1.36 bits per heavy atom. The van der Waals surface area contributed by atoms with Crippen LogP contribution in [0.4, 0.5) is 17.1 Å². The van der Waals surface area contributed by atoms with Gasteiger partial charge < -0.3 is 9.47 Å². The zero-order valence-electron chi connectivity index (χ0n) is 30.8. The van der Waals surface area contributed by atoms with Crippen LogP contribution in [-0.4, -0.2) is 4.57 Å². The van der Waals surface area contributed by atoms with Crippen LogP contribution in [0.15, 0.2) is 231 Å². The molecular weight excluding hydrogens is 677 g/mol. The molecule has 0 atom stereocenters. The van der Waals surface area contributed by atoms with E-state index in [2.05, 4.69) is 240 Å². The van der Waals surface area contributed by atoms with Crippen molar-refractivity contribution in [1.82, 2.24) is 4.57 Å². The fraction of sp³-hybridized carbons (Fsp3) is 0. The average molecular weight is 715 g/mol. The van der Waals surface area contributed by atoms with Crippen molar-refractivity contribution in [1.29, 1.82) is 0 Å². The summed E-state index contributed by atoms with van der Waals surface area (Å²) in [5, 5.41) is 2.51. The van der Waals surface area contributed by atoms with Crippen LogP contribution in [0.1, 0.15) is 0 Å². The van der Waals surface area contributed by atoms with Gasteiger partial charge in [-0.05, 0) is 99.6 Å². The van der Waals surface area contributed by atoms with Gasteiger partial charge in [0.2, 0.25) is 0 Å². The first-order valence-corrected chi connectivity index (χ1v) is 19.2. The molecule has 10 rings (SSSR count). The van der Waals surface area contributed by atoms with E-state index in [1.807, 2.05) is 0 Å². The Kier molecular flexibility index (Phi) is 8.55. The first-order valence-electron chi connectivity index (χ1n) is 19.2. The number of anilines is 3. The quantitative estimate of drug-likeness (QED) is 0.152. The number of fused-ring (bicyclic) bond motifs is 3. The summed E-state index contributed by atoms with van der Waals surface area (Å²) in [6.07, 6.45) is 0. The third kappa shape index (κ3) is 6.04. The fourth-order valence-corrected chi connectivity index (χ4v) is 8.20. The molecular formula is C54H38N2. The largest absolute Gasteiger partial charge is 0.310 e. The van der Waals surface area contributed by atoms with Gasteiger partial charge in [-0.25, -0.2) is 0 Å². The molecule has 264 valence electrons. The van der Waals surface area contributed by atoms with Crippen LogP contribution in [0.2, 0.25) is 0 Å². The van der Waals surface area contributed by atoms with E-state index in [1.165, 1.54) is 60.8 Å². The molecule has 1 aromatic heterocycles. The van der Waals surface area contributed by atoms with Crippen molar-refractivity contribution in [2.45, 2.75) is 0 Å². The Balaban J connectivity index is 1.12. The molecule has 9 aromatic carbocycles. The van der Waals surface area contributed by atoms with Gasteiger partial charge in [0.25, 0.3) is 0 Å². The Hall–Kier alpha value is -7.42. The molecule has 0 spiro atoms. The number of rotatable bonds is 8. The van der Waals surface area contributed by atoms with E-state index < -0.39 is 0 Å². The molecule has 2 nitrogen and oxygen atoms in total. The Morgan fingerprint density at radius 2 is 0.732 bits per heavy atom. The maximum Gasteiger partial charge on any atom is 0.0541 e. The molecule has 1 heterocycles. The van der Waals surface area contributed by atoms with Gasteiger partial charge in [0, 0.05) is 33.4 Å². The van der Waals surface area contributed by atoms with Gasteiger partial charge in [-0.2, -0.15) is 0 Å². The molecule has 56 heavy (non-hydrogen) atoms. The van der Waals surface area contributed by atoms with Crippen molar-refractivity contribution in [2.75, 3.05) is 4.90 Å². The van der Waals surface area contributed by atoms with Crippen LogP contribution in [0.3, 0.4) is 0 Å². The standard InChI is InChI=1S/C54H38N2/c1-4-18-39(19-5-1)42-36-43(38-46(37-42)56-53-30-16-13-27-50(53)51-28-14-17-31-54(51)56)40-32-34-45(35-33-40)55(44-22-8-3-9-23-44)52-29-15-12-26-49(52)48-25-11-10-24-47(48)41-20-6-2-7-21-41/h1-38H. The van der Waals surface area contributed by atoms with Gasteiger partial charge in [0.05, 0.1) is 16.7 Å². The lowest BCUT2D eigenvalue weighted by Crippen LogP contribution is -2.11. The molecule has 0 saturated carbocycles. The van der Waals surface area contributed by atoms with Crippen LogP contribution in [0.5, 0.6) is 0 Å². The second-order valence-electron chi connectivity index (χ2n) is 14.2. The van der Waals surface area contributed by atoms with Crippen LogP contribution < -0.4 is 4.90 Å². The molecule has 2 heteroatoms. The second kappa shape index (κ2) is 14.4. The first kappa shape index (κ1) is 33.2. The minimum atomic E-state index is 1.09. The highest BCUT2D eigenvalue weighted by molar-refractivity contribution is 6.09. The fourth-order valence-electron chi connectivity index (χ4n) is 8.20. The van der Waals surface area contributed by atoms with Crippen LogP contribution in [0.25, 0.3) is 72.0 Å². The van der Waals surface area contributed by atoms with E-state index in [1.54, 1.807) is 0 Å². The molecule has 0 amide bonds. The van der Waals surface area contributed by atoms with Crippen molar-refractivity contribution < 1.29 is 0 Å². The topological polar surface area (TPSA) is 8.17 Å². The second-order valence-corrected chi connectivity index (χ2v) is 14.2. The van der Waals surface area contributed by atoms with Gasteiger partial charge in [-0.1, -0.05) is 170 Å². The summed E-state index contributed by atoms with van der Waals surface area (Å²) < 4.78 is 2.41. The Morgan fingerprint density at radius 1 is 0.286 bits per heavy atom. The SMILES string of the molecule is c1ccc(-c2cc(-c3ccc(N(c4ccccc4)c4ccccc4-c4ccccc4-c4ccccc4)cc3)cc(-n3c4ccccc4c4ccccc43)c2)cc1. The maximum absolute atomic E-state index is 2.41. The average Bonchev–Trinajstić information content (AvgIpc) is 3.62. The van der Waals surface area contributed by atoms with Gasteiger partial charge in [0.1, 0.15) is 0 Å². The van der Waals surface area contributed by atoms with Gasteiger partial charge in [-0.3, -0.25) is 0 Å². The number of nitrogens with zero attached hydrogens (tertiary/aromatic N) is 2. The zero-order chi connectivity index (χ0) is 37.3. The summed E-state index contributed by atoms with van der Waals surface area (Å²) in [5.41, 5.74) is 16.3. The third-order valence-corrected chi connectivity index (χ3v) is 10.8. The molecule has 0 bridgehead atoms. The van der Waals surface area contributed by atoms with Crippen molar-refractivity contribution in [3.63, 3.8) is 0 Å². The number of benzene rings is 9. The highest BCUT2D eigenvalue weighted by Crippen LogP contribution is 2.44. The van der Waals surface area contributed by atoms with E-state index in [-0.39, 0.29) is 0 Å². The number of hydrogen-bond donors (Lipinski definition) is 0. The van der Waals surface area contributed by atoms with Gasteiger partial charge in [0.15, 0.2) is 0 Å². The minimum Gasteiger partial charge on any atom is -0.310 e. The lowest BCUT2D eigenvalue weighted by atomic mass is 9.93. The summed E-state index contributed by atoms with van der Waals surface area (Å²) in [5.74, 6) is 0. The number of aromatic nitrogens is 1. The zero-order valence-corrected chi connectivity index (χ0v) is 30.8. The summed E-state index contributed by atoms with van der Waals surface area (Å²) >= 11 is 0. The van der Waals surface area contributed by atoms with Crippen molar-refractivity contribution >= 4 is 38.9 Å². The normalized spacial score (nSPS) is 11.2. The van der Waals surface area contributed by atoms with Crippen molar-refractivity contribution in [2.24, 2.45) is 0 Å². The predicted octanol–water partition coefficient (Wildman–Crippen LogP) is 14.9. The highest BCUT2D eigenvalue weighted by atomic mass is 15.1. The number of para-hydroxylation sites is 4. The summed E-state index contributed by atoms with van der Waals surface area (Å²) in [6, 6.07) is 83.0. The summed E-state index contributed by atoms with van der Waals surface area (Å²) in [4.78, 5) is 2.38. The van der Waals surface area contributed by atoms with Gasteiger partial charge in [-0.15, -0.1) is 0 Å². The molecule has 0 saturated heterocycles. The molecule has 0 N–H and O–H groups in total. The molecule has 0 unspecified atom stereocenters. The predicted molar refractivity (Wildman–Crippen MR) is 237 cm³/mol. The summed E-state index contributed by atoms with van der Waals surface area (Å²) in [7, 11) is 0. The van der Waals surface area contributed by atoms with Crippen LogP contribution >= 0.6 is 0 Å². The Bertz CT molecular complexity index is 2890. The molecule has 0 fully saturated rings. The van der Waals surface area contributed by atoms with E-state index in [4.69, 9.17) is 0 Å². The first-order chi connectivity index (χ1) is 27.8. The van der Waals surface area contributed by atoms with Crippen LogP contribution in [0, 0.1) is 0 Å². The lowest BCUT2D eigenvalue weighted by molar-refractivity contribution is 1.18. The Labute approximate surface area is 327 Å². The lowest BCUT2D eigenvalue weighted by Gasteiger charge is -2.28. The van der Waals surface area contributed by atoms with E-state index in [9.17, 15) is 0 Å². The van der Waals surface area contributed by atoms with Crippen molar-refractivity contribution in [3.05, 3.63) is 231 Å². The van der Waals surface area contributed by atoms with E-state index >= 15 is 0 Å². The minimum absolute atomic E-state index is 1.09. The molecule has 0 aliphatic rings. The molecule has 10 aromatic rings. The van der Waals surface area contributed by atoms with E-state index in [0.29, 0.717) is 0 Å². The van der Waals surface area contributed by atoms with Crippen molar-refractivity contribution in [3.8, 4) is 50.2 Å². The molecule has 0 aliphatic heterocycles. The van der Waals surface area contributed by atoms with Crippen LogP contribution in [-0.2, 0) is 0 Å². The molecule has 0 radical (unpaired) electrons. The number of hydrogen-bond acceptors (Lipinski definition) is 1. The monoisotopic (exact) mass is 714 g/mol. The third-order valence-electron chi connectivity index (χ3n) is 10.8. The maximum atomic E-state index is 2.41. The highest BCUT2D eigenvalue weighted by Gasteiger charge is 2.20. The molecule has 0 aliphatic carbocycles. The smallest absolute Gasteiger partial charge is 0.0541 e. The van der Waals surface area contributed by atoms with E-state index in [0.717, 1.165) is 28.3 Å². The van der Waals surface area contributed by atoms with Gasteiger partial charge >= 0.3 is 0 Å². The summed E-state index contributed by atoms with van der Waals surface area (Å²) in [6.45, 7) is 0.